The lowest BCUT2D eigenvalue weighted by Crippen LogP contribution is -2.14. The third kappa shape index (κ3) is 3.72. The number of nitrogens with one attached hydrogen (secondary N) is 1. The molecule has 0 saturated heterocycles. The fraction of sp³-hybridized carbons (Fsp3) is 0.105. The van der Waals surface area contributed by atoms with Gasteiger partial charge in [0.1, 0.15) is 17.8 Å². The summed E-state index contributed by atoms with van der Waals surface area (Å²) in [7, 11) is 0. The van der Waals surface area contributed by atoms with Crippen LogP contribution in [0.4, 0.5) is 11.4 Å². The van der Waals surface area contributed by atoms with Crippen molar-refractivity contribution in [2.24, 2.45) is 5.73 Å². The largest absolute Gasteiger partial charge is 0.364 e. The van der Waals surface area contributed by atoms with E-state index in [4.69, 9.17) is 28.9 Å². The van der Waals surface area contributed by atoms with Gasteiger partial charge in [0.05, 0.1) is 33.8 Å². The monoisotopic (exact) mass is 442 g/mol. The van der Waals surface area contributed by atoms with Crippen molar-refractivity contribution in [1.29, 1.82) is 0 Å². The zero-order valence-electron chi connectivity index (χ0n) is 15.8. The van der Waals surface area contributed by atoms with E-state index in [0.29, 0.717) is 32.9 Å². The number of anilines is 2. The molecule has 3 heterocycles. The van der Waals surface area contributed by atoms with Crippen LogP contribution >= 0.6 is 23.2 Å². The Morgan fingerprint density at radius 3 is 2.57 bits per heavy atom. The van der Waals surface area contributed by atoms with E-state index < -0.39 is 5.91 Å². The summed E-state index contributed by atoms with van der Waals surface area (Å²) in [6.07, 6.45) is 5.42. The molecule has 0 saturated carbocycles. The number of carbonyl (C=O) groups is 1. The van der Waals surface area contributed by atoms with Gasteiger partial charge in [0.2, 0.25) is 0 Å². The third-order valence-electron chi connectivity index (χ3n) is 4.29. The van der Waals surface area contributed by atoms with Gasteiger partial charge in [0, 0.05) is 6.42 Å². The number of aryl methyl sites for hydroxylation is 1. The molecule has 1 amide bonds. The highest BCUT2D eigenvalue weighted by Crippen LogP contribution is 2.30. The van der Waals surface area contributed by atoms with Crippen molar-refractivity contribution >= 4 is 40.5 Å². The Morgan fingerprint density at radius 1 is 1.17 bits per heavy atom. The SMILES string of the molecule is CCc1ncnn1-c1ccc(Nc2cn(-c3c(Cl)cccc3Cl)nc2C(N)=O)cn1. The van der Waals surface area contributed by atoms with E-state index in [-0.39, 0.29) is 5.69 Å². The molecular formula is C19H16Cl2N8O. The lowest BCUT2D eigenvalue weighted by Gasteiger charge is -2.07. The molecule has 0 aliphatic rings. The van der Waals surface area contributed by atoms with E-state index in [1.807, 2.05) is 6.92 Å². The van der Waals surface area contributed by atoms with Crippen molar-refractivity contribution in [3.05, 3.63) is 70.6 Å². The van der Waals surface area contributed by atoms with Crippen LogP contribution in [0, 0.1) is 0 Å². The lowest BCUT2D eigenvalue weighted by atomic mass is 10.3. The third-order valence-corrected chi connectivity index (χ3v) is 4.90. The summed E-state index contributed by atoms with van der Waals surface area (Å²) in [4.78, 5) is 20.5. The predicted octanol–water partition coefficient (Wildman–Crippen LogP) is 3.56. The standard InChI is InChI=1S/C19H16Cl2N8O/c1-2-15-24-10-25-29(15)16-7-6-11(8-23-16)26-14-9-28(27-17(14)19(22)30)18-12(20)4-3-5-13(18)21/h3-10,26H,2H2,1H3,(H2,22,30). The molecule has 0 atom stereocenters. The number of primary amides is 1. The minimum absolute atomic E-state index is 0.0413. The molecule has 3 N–H and O–H groups in total. The number of amides is 1. The summed E-state index contributed by atoms with van der Waals surface area (Å²) in [5.41, 5.74) is 7.01. The summed E-state index contributed by atoms with van der Waals surface area (Å²) >= 11 is 12.5. The van der Waals surface area contributed by atoms with Gasteiger partial charge in [-0.2, -0.15) is 14.9 Å². The van der Waals surface area contributed by atoms with E-state index in [1.165, 1.54) is 11.0 Å². The first-order valence-electron chi connectivity index (χ1n) is 8.94. The molecule has 0 spiro atoms. The summed E-state index contributed by atoms with van der Waals surface area (Å²) in [5, 5.41) is 12.3. The number of para-hydroxylation sites is 1. The second-order valence-electron chi connectivity index (χ2n) is 6.24. The zero-order chi connectivity index (χ0) is 21.3. The first-order chi connectivity index (χ1) is 14.5. The molecule has 1 aromatic carbocycles. The number of hydrogen-bond donors (Lipinski definition) is 2. The highest BCUT2D eigenvalue weighted by Gasteiger charge is 2.18. The Balaban J connectivity index is 1.66. The van der Waals surface area contributed by atoms with Crippen molar-refractivity contribution in [3.8, 4) is 11.5 Å². The van der Waals surface area contributed by atoms with Gasteiger partial charge < -0.3 is 11.1 Å². The highest BCUT2D eigenvalue weighted by atomic mass is 35.5. The van der Waals surface area contributed by atoms with Crippen molar-refractivity contribution in [2.45, 2.75) is 13.3 Å². The molecule has 0 aliphatic carbocycles. The van der Waals surface area contributed by atoms with Crippen LogP contribution in [0.25, 0.3) is 11.5 Å². The van der Waals surface area contributed by atoms with Crippen LogP contribution in [0.3, 0.4) is 0 Å². The molecule has 4 rings (SSSR count). The normalized spacial score (nSPS) is 10.9. The van der Waals surface area contributed by atoms with Gasteiger partial charge in [0.15, 0.2) is 11.5 Å². The van der Waals surface area contributed by atoms with E-state index in [9.17, 15) is 4.79 Å². The number of nitrogens with zero attached hydrogens (tertiary/aromatic N) is 6. The number of hydrogen-bond acceptors (Lipinski definition) is 6. The van der Waals surface area contributed by atoms with Crippen LogP contribution in [-0.4, -0.2) is 35.4 Å². The zero-order valence-corrected chi connectivity index (χ0v) is 17.3. The van der Waals surface area contributed by atoms with Crippen LogP contribution in [0.1, 0.15) is 23.2 Å². The van der Waals surface area contributed by atoms with Crippen molar-refractivity contribution < 1.29 is 4.79 Å². The average Bonchev–Trinajstić information content (AvgIpc) is 3.36. The van der Waals surface area contributed by atoms with Gasteiger partial charge in [0.25, 0.3) is 5.91 Å². The lowest BCUT2D eigenvalue weighted by molar-refractivity contribution is 0.0996. The maximum atomic E-state index is 11.9. The molecule has 3 aromatic heterocycles. The van der Waals surface area contributed by atoms with Crippen molar-refractivity contribution in [2.75, 3.05) is 5.32 Å². The van der Waals surface area contributed by atoms with Gasteiger partial charge in [-0.25, -0.2) is 14.6 Å². The first kappa shape index (κ1) is 19.9. The van der Waals surface area contributed by atoms with E-state index >= 15 is 0 Å². The van der Waals surface area contributed by atoms with E-state index in [1.54, 1.807) is 47.4 Å². The topological polar surface area (TPSA) is 117 Å². The maximum absolute atomic E-state index is 11.9. The smallest absolute Gasteiger partial charge is 0.271 e. The molecule has 11 heteroatoms. The second kappa shape index (κ2) is 8.13. The summed E-state index contributed by atoms with van der Waals surface area (Å²) in [6, 6.07) is 8.67. The average molecular weight is 443 g/mol. The first-order valence-corrected chi connectivity index (χ1v) is 9.69. The minimum Gasteiger partial charge on any atom is -0.364 e. The Hall–Kier alpha value is -3.43. The Bertz CT molecular complexity index is 1200. The van der Waals surface area contributed by atoms with Crippen LogP contribution < -0.4 is 11.1 Å². The highest BCUT2D eigenvalue weighted by molar-refractivity contribution is 6.37. The molecule has 0 unspecified atom stereocenters. The Kier molecular flexibility index (Phi) is 5.39. The van der Waals surface area contributed by atoms with Gasteiger partial charge in [-0.1, -0.05) is 36.2 Å². The van der Waals surface area contributed by atoms with Crippen molar-refractivity contribution in [1.82, 2.24) is 29.5 Å². The predicted molar refractivity (Wildman–Crippen MR) is 114 cm³/mol. The van der Waals surface area contributed by atoms with Gasteiger partial charge in [-0.15, -0.1) is 0 Å². The fourth-order valence-electron chi connectivity index (χ4n) is 2.91. The number of nitrogens with two attached hydrogens (primary N) is 1. The van der Waals surface area contributed by atoms with Crippen molar-refractivity contribution in [3.63, 3.8) is 0 Å². The summed E-state index contributed by atoms with van der Waals surface area (Å²) in [6.45, 7) is 1.99. The molecule has 9 nitrogen and oxygen atoms in total. The quantitative estimate of drug-likeness (QED) is 0.471. The number of halogens is 2. The molecule has 30 heavy (non-hydrogen) atoms. The van der Waals surface area contributed by atoms with E-state index in [2.05, 4.69) is 25.5 Å². The molecular weight excluding hydrogens is 427 g/mol. The number of aromatic nitrogens is 6. The molecule has 152 valence electrons. The fourth-order valence-corrected chi connectivity index (χ4v) is 3.48. The minimum atomic E-state index is -0.695. The van der Waals surface area contributed by atoms with Crippen LogP contribution in [-0.2, 0) is 6.42 Å². The van der Waals surface area contributed by atoms with Gasteiger partial charge in [-0.05, 0) is 24.3 Å². The number of benzene rings is 1. The maximum Gasteiger partial charge on any atom is 0.271 e. The van der Waals surface area contributed by atoms with Crippen LogP contribution in [0.5, 0.6) is 0 Å². The molecule has 0 radical (unpaired) electrons. The van der Waals surface area contributed by atoms with Crippen LogP contribution in [0.2, 0.25) is 10.0 Å². The number of carbonyl (C=O) groups excluding carboxylic acids is 1. The van der Waals surface area contributed by atoms with E-state index in [0.717, 1.165) is 12.2 Å². The number of rotatable bonds is 6. The molecule has 0 aliphatic heterocycles. The second-order valence-corrected chi connectivity index (χ2v) is 7.06. The number of pyridine rings is 1. The van der Waals surface area contributed by atoms with Gasteiger partial charge in [-0.3, -0.25) is 4.79 Å². The molecule has 4 aromatic rings. The Morgan fingerprint density at radius 2 is 1.93 bits per heavy atom. The molecule has 0 bridgehead atoms. The molecule has 0 fully saturated rings. The van der Waals surface area contributed by atoms with Gasteiger partial charge >= 0.3 is 0 Å². The summed E-state index contributed by atoms with van der Waals surface area (Å²) in [5.74, 6) is 0.736. The Labute approximate surface area is 181 Å². The summed E-state index contributed by atoms with van der Waals surface area (Å²) < 4.78 is 3.08. The van der Waals surface area contributed by atoms with Crippen LogP contribution in [0.15, 0.2) is 49.1 Å².